The van der Waals surface area contributed by atoms with Crippen LogP contribution in [0.4, 0.5) is 4.39 Å². The van der Waals surface area contributed by atoms with Crippen molar-refractivity contribution in [3.05, 3.63) is 200 Å². The SMILES string of the molecule is C.C.C[C@@H]1CN(Cc2ncccn2)C[C@H]1c1cn2c(C3CCOCC3)ncc2c(=O)[nH]1.O=c1[nH]c(CN2CC(Oc3cccnc3)C2)cn2c(C3CCOCC3)ncc12.O=c1[nH]c(CN2CC(Oc3ccncc3)C2)cn2c(-c3ccc(F)cc3)ncc12. The smallest absolute Gasteiger partial charge is 0.274 e. The third kappa shape index (κ3) is 13.8. The van der Waals surface area contributed by atoms with E-state index in [0.717, 1.165) is 150 Å². The molecule has 0 aliphatic carbocycles. The highest BCUT2D eigenvalue weighted by atomic mass is 19.1. The molecule has 9 aromatic heterocycles. The lowest BCUT2D eigenvalue weighted by Gasteiger charge is -2.38. The Kier molecular flexibility index (Phi) is 19.0. The van der Waals surface area contributed by atoms with E-state index in [1.54, 1.807) is 66.1 Å². The predicted molar refractivity (Wildman–Crippen MR) is 329 cm³/mol. The number of imidazole rings is 3. The number of aromatic amines is 3. The van der Waals surface area contributed by atoms with Gasteiger partial charge in [-0.2, -0.15) is 0 Å². The van der Waals surface area contributed by atoms with Crippen molar-refractivity contribution in [2.45, 2.75) is 97.1 Å². The van der Waals surface area contributed by atoms with Gasteiger partial charge in [-0.15, -0.1) is 0 Å². The van der Waals surface area contributed by atoms with Crippen molar-refractivity contribution in [1.29, 1.82) is 0 Å². The van der Waals surface area contributed by atoms with E-state index in [4.69, 9.17) is 18.9 Å². The largest absolute Gasteiger partial charge is 0.488 e. The highest BCUT2D eigenvalue weighted by molar-refractivity contribution is 5.61. The maximum absolute atomic E-state index is 13.2. The number of H-pyrrole nitrogens is 3. The molecular formula is C64H75FN16O7. The third-order valence-electron chi connectivity index (χ3n) is 16.7. The van der Waals surface area contributed by atoms with Crippen LogP contribution in [0.3, 0.4) is 0 Å². The molecule has 0 amide bonds. The Bertz CT molecular complexity index is 4080. The number of hydrogen-bond donors (Lipinski definition) is 3. The summed E-state index contributed by atoms with van der Waals surface area (Å²) in [6, 6.07) is 15.4. The van der Waals surface area contributed by atoms with E-state index in [9.17, 15) is 18.8 Å². The van der Waals surface area contributed by atoms with Crippen molar-refractivity contribution in [2.24, 2.45) is 5.92 Å². The number of halogens is 1. The Morgan fingerprint density at radius 1 is 0.534 bits per heavy atom. The first kappa shape index (κ1) is 60.9. The molecule has 0 saturated carbocycles. The van der Waals surface area contributed by atoms with Gasteiger partial charge in [0.15, 0.2) is 0 Å². The summed E-state index contributed by atoms with van der Waals surface area (Å²) in [6.07, 6.45) is 25.4. The van der Waals surface area contributed by atoms with Crippen molar-refractivity contribution < 1.29 is 23.3 Å². The summed E-state index contributed by atoms with van der Waals surface area (Å²) in [7, 11) is 0. The fraction of sp³-hybridized carbons (Fsp3) is 0.406. The number of benzene rings is 1. The molecule has 1 aromatic carbocycles. The molecule has 5 saturated heterocycles. The second-order valence-corrected chi connectivity index (χ2v) is 22.8. The van der Waals surface area contributed by atoms with Crippen molar-refractivity contribution >= 4 is 16.6 Å². The number of hydrogen-bond acceptors (Lipinski definition) is 17. The van der Waals surface area contributed by atoms with Gasteiger partial charge in [0, 0.05) is 169 Å². The van der Waals surface area contributed by atoms with Gasteiger partial charge in [0.1, 0.15) is 69.4 Å². The van der Waals surface area contributed by atoms with Gasteiger partial charge in [-0.25, -0.2) is 29.3 Å². The van der Waals surface area contributed by atoms with Crippen LogP contribution in [0, 0.1) is 11.7 Å². The molecule has 88 heavy (non-hydrogen) atoms. The van der Waals surface area contributed by atoms with Crippen molar-refractivity contribution in [3.63, 3.8) is 0 Å². The molecule has 0 spiro atoms. The number of nitrogens with one attached hydrogen (secondary N) is 3. The minimum absolute atomic E-state index is 0. The highest BCUT2D eigenvalue weighted by Crippen LogP contribution is 2.33. The van der Waals surface area contributed by atoms with Crippen molar-refractivity contribution in [3.8, 4) is 22.9 Å². The van der Waals surface area contributed by atoms with Gasteiger partial charge in [-0.05, 0) is 86.2 Å². The van der Waals surface area contributed by atoms with Gasteiger partial charge in [0.05, 0.1) is 31.3 Å². The molecule has 24 heteroatoms. The van der Waals surface area contributed by atoms with Gasteiger partial charge < -0.3 is 33.9 Å². The molecule has 23 nitrogen and oxygen atoms in total. The van der Waals surface area contributed by atoms with E-state index >= 15 is 0 Å². The van der Waals surface area contributed by atoms with Crippen LogP contribution in [0.5, 0.6) is 11.5 Å². The molecule has 3 N–H and O–H groups in total. The Morgan fingerprint density at radius 2 is 1.07 bits per heavy atom. The number of rotatable bonds is 14. The van der Waals surface area contributed by atoms with Crippen LogP contribution in [0.1, 0.15) is 99.8 Å². The van der Waals surface area contributed by atoms with E-state index in [-0.39, 0.29) is 55.5 Å². The van der Waals surface area contributed by atoms with E-state index in [1.165, 1.54) is 18.3 Å². The van der Waals surface area contributed by atoms with Crippen molar-refractivity contribution in [2.75, 3.05) is 65.7 Å². The minimum Gasteiger partial charge on any atom is -0.488 e. The van der Waals surface area contributed by atoms with Crippen LogP contribution in [0.15, 0.2) is 143 Å². The standard InChI is InChI=1S/C21H18FN5O2.C21H26N6O2.C20H23N5O3.2CH4/c22-15-3-1-14(2-4-15)20-24-9-19-21(28)25-16(11-27(19)20)10-26-12-18(13-26)29-17-5-7-23-8-6-17;1-14-10-26(13-19-22-5-2-6-23-19)11-16(14)17-12-27-18(21(28)25-17)9-24-20(27)15-3-7-29-8-4-15;26-20-18-9-22-19(14-3-6-27-7-4-14)25(18)11-15(23-20)10-24-12-17(13-24)28-16-2-1-5-21-8-16;;/h1-9,11,18H,10,12-13H2,(H,25,28);2,5-6,9,12,14-16H,3-4,7-8,10-11,13H2,1H3,(H,25,28);1-2,5,8-9,11,14,17H,3-4,6-7,10,12-13H2,(H,23,26);2*1H4/t;14-,16-;;;/m.1.../s1. The average Bonchev–Trinajstić information content (AvgIpc) is 1.87. The van der Waals surface area contributed by atoms with Crippen LogP contribution in [-0.2, 0) is 29.1 Å². The normalized spacial score (nSPS) is 18.8. The lowest BCUT2D eigenvalue weighted by molar-refractivity contribution is 0.0134. The zero-order valence-electron chi connectivity index (χ0n) is 47.7. The molecule has 0 bridgehead atoms. The second kappa shape index (κ2) is 27.5. The number of pyridine rings is 2. The number of fused-ring (bicyclic) bond motifs is 3. The lowest BCUT2D eigenvalue weighted by atomic mass is 9.95. The maximum atomic E-state index is 13.2. The molecule has 15 rings (SSSR count). The Labute approximate surface area is 507 Å². The molecule has 2 atom stereocenters. The molecule has 0 radical (unpaired) electrons. The van der Waals surface area contributed by atoms with Gasteiger partial charge in [0.25, 0.3) is 16.7 Å². The Balaban J connectivity index is 0.000000135. The van der Waals surface area contributed by atoms with E-state index in [0.29, 0.717) is 53.2 Å². The summed E-state index contributed by atoms with van der Waals surface area (Å²) in [5, 5.41) is 0. The molecule has 460 valence electrons. The topological polar surface area (TPSA) is 249 Å². The number of aromatic nitrogens is 13. The summed E-state index contributed by atoms with van der Waals surface area (Å²) in [5.74, 6) is 6.06. The van der Waals surface area contributed by atoms with Crippen LogP contribution in [-0.4, -0.2) is 156 Å². The third-order valence-corrected chi connectivity index (χ3v) is 16.7. The molecule has 5 aliphatic heterocycles. The summed E-state index contributed by atoms with van der Waals surface area (Å²) < 4.78 is 41.7. The minimum atomic E-state index is -0.311. The van der Waals surface area contributed by atoms with Gasteiger partial charge in [0.2, 0.25) is 0 Å². The molecule has 14 heterocycles. The average molecular weight is 1200 g/mol. The molecule has 0 unspecified atom stereocenters. The van der Waals surface area contributed by atoms with Gasteiger partial charge in [-0.1, -0.05) is 21.8 Å². The summed E-state index contributed by atoms with van der Waals surface area (Å²) in [4.78, 5) is 83.8. The fourth-order valence-corrected chi connectivity index (χ4v) is 12.2. The quantitative estimate of drug-likeness (QED) is 0.0968. The number of ether oxygens (including phenoxy) is 4. The van der Waals surface area contributed by atoms with Gasteiger partial charge >= 0.3 is 0 Å². The first-order valence-corrected chi connectivity index (χ1v) is 29.4. The van der Waals surface area contributed by atoms with Crippen molar-refractivity contribution in [1.82, 2.24) is 77.7 Å². The monoisotopic (exact) mass is 1200 g/mol. The molecular weight excluding hydrogens is 1120 g/mol. The maximum Gasteiger partial charge on any atom is 0.274 e. The lowest BCUT2D eigenvalue weighted by Crippen LogP contribution is -2.53. The molecule has 5 aliphatic rings. The zero-order chi connectivity index (χ0) is 58.5. The van der Waals surface area contributed by atoms with Crippen LogP contribution in [0.25, 0.3) is 27.9 Å². The van der Waals surface area contributed by atoms with Crippen LogP contribution >= 0.6 is 0 Å². The number of likely N-dealkylation sites (tertiary alicyclic amines) is 3. The number of nitrogens with zero attached hydrogens (tertiary/aromatic N) is 13. The fourth-order valence-electron chi connectivity index (χ4n) is 12.2. The summed E-state index contributed by atoms with van der Waals surface area (Å²) >= 11 is 0. The van der Waals surface area contributed by atoms with Crippen LogP contribution < -0.4 is 26.2 Å². The summed E-state index contributed by atoms with van der Waals surface area (Å²) in [6.45, 7) is 12.3. The highest BCUT2D eigenvalue weighted by Gasteiger charge is 2.34. The first-order chi connectivity index (χ1) is 42.1. The predicted octanol–water partition coefficient (Wildman–Crippen LogP) is 7.28. The van der Waals surface area contributed by atoms with Crippen LogP contribution in [0.2, 0.25) is 0 Å². The first-order valence-electron chi connectivity index (χ1n) is 29.4. The van der Waals surface area contributed by atoms with E-state index in [2.05, 4.69) is 77.7 Å². The van der Waals surface area contributed by atoms with E-state index in [1.807, 2.05) is 51.5 Å². The molecule has 5 fully saturated rings. The zero-order valence-corrected chi connectivity index (χ0v) is 47.7. The second-order valence-electron chi connectivity index (χ2n) is 22.8. The summed E-state index contributed by atoms with van der Waals surface area (Å²) in [5.41, 5.74) is 4.73. The molecule has 10 aromatic rings. The van der Waals surface area contributed by atoms with E-state index < -0.39 is 0 Å². The Morgan fingerprint density at radius 3 is 1.66 bits per heavy atom. The Hall–Kier alpha value is -8.81. The van der Waals surface area contributed by atoms with Gasteiger partial charge in [-0.3, -0.25) is 52.3 Å².